The molecule has 0 aliphatic heterocycles. The third-order valence-corrected chi connectivity index (χ3v) is 4.77. The Bertz CT molecular complexity index is 1070. The molecule has 0 saturated carbocycles. The molecule has 1 aromatic heterocycles. The second-order valence-corrected chi connectivity index (χ2v) is 7.16. The van der Waals surface area contributed by atoms with Gasteiger partial charge in [-0.1, -0.05) is 41.4 Å². The minimum Gasteiger partial charge on any atom is -0.364 e. The predicted molar refractivity (Wildman–Crippen MR) is 110 cm³/mol. The summed E-state index contributed by atoms with van der Waals surface area (Å²) in [6.45, 7) is 0.385. The molecule has 0 aliphatic carbocycles. The number of hydrogen-bond acceptors (Lipinski definition) is 4. The highest BCUT2D eigenvalue weighted by Crippen LogP contribution is 2.31. The second kappa shape index (κ2) is 8.89. The summed E-state index contributed by atoms with van der Waals surface area (Å²) in [5.41, 5.74) is 5.98. The number of nitrogens with one attached hydrogen (secondary N) is 1. The fourth-order valence-electron chi connectivity index (χ4n) is 2.66. The van der Waals surface area contributed by atoms with Gasteiger partial charge in [-0.05, 0) is 42.3 Å². The van der Waals surface area contributed by atoms with E-state index in [-0.39, 0.29) is 17.3 Å². The van der Waals surface area contributed by atoms with E-state index >= 15 is 0 Å². The van der Waals surface area contributed by atoms with E-state index in [1.54, 1.807) is 18.2 Å². The first-order valence-electron chi connectivity index (χ1n) is 8.68. The maximum atomic E-state index is 12.8. The number of amides is 1. The number of nitrogens with zero attached hydrogens (tertiary/aromatic N) is 2. The molecule has 1 heterocycles. The van der Waals surface area contributed by atoms with Crippen LogP contribution in [0.3, 0.4) is 0 Å². The number of rotatable bonds is 6. The van der Waals surface area contributed by atoms with Crippen LogP contribution < -0.4 is 11.1 Å². The molecule has 0 unspecified atom stereocenters. The minimum atomic E-state index is -4.45. The number of alkyl halides is 3. The molecule has 3 rings (SSSR count). The van der Waals surface area contributed by atoms with E-state index in [1.807, 2.05) is 0 Å². The summed E-state index contributed by atoms with van der Waals surface area (Å²) in [6.07, 6.45) is -3.92. The van der Waals surface area contributed by atoms with Gasteiger partial charge in [0, 0.05) is 22.2 Å². The number of benzene rings is 2. The zero-order valence-electron chi connectivity index (χ0n) is 15.3. The predicted octanol–water partition coefficient (Wildman–Crippen LogP) is 5.22. The van der Waals surface area contributed by atoms with Crippen molar-refractivity contribution in [2.24, 2.45) is 5.73 Å². The molecule has 0 radical (unpaired) electrons. The summed E-state index contributed by atoms with van der Waals surface area (Å²) in [7, 11) is 0. The van der Waals surface area contributed by atoms with E-state index in [0.29, 0.717) is 28.6 Å². The molecule has 0 saturated heterocycles. The maximum Gasteiger partial charge on any atom is 0.416 e. The Morgan fingerprint density at radius 2 is 1.73 bits per heavy atom. The minimum absolute atomic E-state index is 0.0630. The molecule has 2 aromatic carbocycles. The quantitative estimate of drug-likeness (QED) is 0.534. The van der Waals surface area contributed by atoms with Gasteiger partial charge in [0.05, 0.1) is 11.3 Å². The van der Waals surface area contributed by atoms with Crippen molar-refractivity contribution in [1.29, 1.82) is 0 Å². The van der Waals surface area contributed by atoms with Gasteiger partial charge in [-0.15, -0.1) is 0 Å². The normalized spacial score (nSPS) is 11.4. The molecule has 0 bridgehead atoms. The van der Waals surface area contributed by atoms with E-state index in [2.05, 4.69) is 15.3 Å². The third-order valence-electron chi connectivity index (χ3n) is 4.18. The average Bonchev–Trinajstić information content (AvgIpc) is 2.69. The van der Waals surface area contributed by atoms with Gasteiger partial charge in [-0.3, -0.25) is 4.79 Å². The van der Waals surface area contributed by atoms with Crippen LogP contribution in [0.15, 0.2) is 48.5 Å². The smallest absolute Gasteiger partial charge is 0.364 e. The summed E-state index contributed by atoms with van der Waals surface area (Å²) >= 11 is 12.0. The van der Waals surface area contributed by atoms with Crippen molar-refractivity contribution in [3.05, 3.63) is 75.4 Å². The number of carbonyl (C=O) groups is 1. The lowest BCUT2D eigenvalue weighted by Gasteiger charge is -2.11. The van der Waals surface area contributed by atoms with Crippen LogP contribution in [0, 0.1) is 0 Å². The van der Waals surface area contributed by atoms with Crippen LogP contribution in [0.5, 0.6) is 0 Å². The van der Waals surface area contributed by atoms with Crippen LogP contribution in [0.25, 0.3) is 11.3 Å². The lowest BCUT2D eigenvalue weighted by molar-refractivity contribution is -0.137. The number of hydrogen-bond donors (Lipinski definition) is 2. The Kier molecular flexibility index (Phi) is 6.48. The van der Waals surface area contributed by atoms with E-state index in [0.717, 1.165) is 17.7 Å². The number of aromatic nitrogens is 2. The number of anilines is 1. The van der Waals surface area contributed by atoms with Gasteiger partial charge in [0.15, 0.2) is 0 Å². The standard InChI is InChI=1S/C20H15Cl2F3N4O/c21-14-6-3-11(15(22)9-14)7-8-27-19-28-16(10-17(29-19)18(26)30)12-1-4-13(5-2-12)20(23,24)25/h1-6,9-10H,7-8H2,(H2,26,30)(H,27,28,29). The highest BCUT2D eigenvalue weighted by Gasteiger charge is 2.30. The SMILES string of the molecule is NC(=O)c1cc(-c2ccc(C(F)(F)F)cc2)nc(NCCc2ccc(Cl)cc2Cl)n1. The Morgan fingerprint density at radius 3 is 2.33 bits per heavy atom. The van der Waals surface area contributed by atoms with Crippen LogP contribution in [-0.2, 0) is 12.6 Å². The molecular formula is C20H15Cl2F3N4O. The summed E-state index contributed by atoms with van der Waals surface area (Å²) in [5.74, 6) is -0.666. The maximum absolute atomic E-state index is 12.8. The van der Waals surface area contributed by atoms with Gasteiger partial charge in [-0.25, -0.2) is 9.97 Å². The summed E-state index contributed by atoms with van der Waals surface area (Å²) in [6, 6.07) is 10.9. The van der Waals surface area contributed by atoms with E-state index in [1.165, 1.54) is 18.2 Å². The largest absolute Gasteiger partial charge is 0.416 e. The van der Waals surface area contributed by atoms with Crippen molar-refractivity contribution in [2.75, 3.05) is 11.9 Å². The zero-order chi connectivity index (χ0) is 21.9. The van der Waals surface area contributed by atoms with Crippen LogP contribution in [-0.4, -0.2) is 22.4 Å². The molecule has 10 heteroatoms. The third kappa shape index (κ3) is 5.40. The van der Waals surface area contributed by atoms with Crippen molar-refractivity contribution in [2.45, 2.75) is 12.6 Å². The lowest BCUT2D eigenvalue weighted by Crippen LogP contribution is -2.16. The van der Waals surface area contributed by atoms with Crippen LogP contribution in [0.4, 0.5) is 19.1 Å². The lowest BCUT2D eigenvalue weighted by atomic mass is 10.1. The summed E-state index contributed by atoms with van der Waals surface area (Å²) in [4.78, 5) is 20.0. The molecule has 1 amide bonds. The highest BCUT2D eigenvalue weighted by molar-refractivity contribution is 6.35. The van der Waals surface area contributed by atoms with Gasteiger partial charge >= 0.3 is 6.18 Å². The molecule has 156 valence electrons. The van der Waals surface area contributed by atoms with Crippen LogP contribution in [0.1, 0.15) is 21.6 Å². The first-order chi connectivity index (χ1) is 14.1. The molecule has 3 aromatic rings. The topological polar surface area (TPSA) is 80.9 Å². The highest BCUT2D eigenvalue weighted by atomic mass is 35.5. The zero-order valence-corrected chi connectivity index (χ0v) is 16.8. The van der Waals surface area contributed by atoms with Crippen LogP contribution >= 0.6 is 23.2 Å². The van der Waals surface area contributed by atoms with Crippen LogP contribution in [0.2, 0.25) is 10.0 Å². The summed E-state index contributed by atoms with van der Waals surface area (Å²) in [5, 5.41) is 4.01. The van der Waals surface area contributed by atoms with Gasteiger partial charge in [0.1, 0.15) is 5.69 Å². The van der Waals surface area contributed by atoms with Crippen molar-refractivity contribution in [1.82, 2.24) is 9.97 Å². The molecular weight excluding hydrogens is 440 g/mol. The Balaban J connectivity index is 1.81. The molecule has 5 nitrogen and oxygen atoms in total. The van der Waals surface area contributed by atoms with Crippen molar-refractivity contribution in [3.63, 3.8) is 0 Å². The average molecular weight is 455 g/mol. The Morgan fingerprint density at radius 1 is 1.03 bits per heavy atom. The molecule has 0 atom stereocenters. The fraction of sp³-hybridized carbons (Fsp3) is 0.150. The molecule has 0 aliphatic rings. The van der Waals surface area contributed by atoms with E-state index in [9.17, 15) is 18.0 Å². The van der Waals surface area contributed by atoms with Gasteiger partial charge in [0.25, 0.3) is 5.91 Å². The molecule has 0 spiro atoms. The fourth-order valence-corrected chi connectivity index (χ4v) is 3.17. The first-order valence-corrected chi connectivity index (χ1v) is 9.43. The van der Waals surface area contributed by atoms with E-state index < -0.39 is 17.6 Å². The number of primary amides is 1. The Hall–Kier alpha value is -2.84. The van der Waals surface area contributed by atoms with Crippen molar-refractivity contribution in [3.8, 4) is 11.3 Å². The van der Waals surface area contributed by atoms with Gasteiger partial charge in [-0.2, -0.15) is 13.2 Å². The summed E-state index contributed by atoms with van der Waals surface area (Å²) < 4.78 is 38.3. The van der Waals surface area contributed by atoms with Crippen molar-refractivity contribution < 1.29 is 18.0 Å². The number of nitrogens with two attached hydrogens (primary N) is 1. The molecule has 0 fully saturated rings. The van der Waals surface area contributed by atoms with Gasteiger partial charge in [0.2, 0.25) is 5.95 Å². The first kappa shape index (κ1) is 21.9. The molecule has 30 heavy (non-hydrogen) atoms. The van der Waals surface area contributed by atoms with E-state index in [4.69, 9.17) is 28.9 Å². The Labute approximate surface area is 180 Å². The number of halogens is 5. The number of carbonyl (C=O) groups excluding carboxylic acids is 1. The van der Waals surface area contributed by atoms with Crippen molar-refractivity contribution >= 4 is 35.1 Å². The monoisotopic (exact) mass is 454 g/mol. The van der Waals surface area contributed by atoms with Gasteiger partial charge < -0.3 is 11.1 Å². The molecule has 3 N–H and O–H groups in total. The second-order valence-electron chi connectivity index (χ2n) is 6.31.